The second-order valence-electron chi connectivity index (χ2n) is 5.99. The van der Waals surface area contributed by atoms with Gasteiger partial charge in [-0.05, 0) is 36.3 Å². The van der Waals surface area contributed by atoms with Crippen LogP contribution >= 0.6 is 24.0 Å². The van der Waals surface area contributed by atoms with Crippen molar-refractivity contribution >= 4 is 40.3 Å². The third kappa shape index (κ3) is 4.82. The van der Waals surface area contributed by atoms with Crippen molar-refractivity contribution in [3.63, 3.8) is 0 Å². The zero-order valence-electron chi connectivity index (χ0n) is 15.6. The molecule has 0 unspecified atom stereocenters. The molecule has 2 aromatic rings. The van der Waals surface area contributed by atoms with Gasteiger partial charge in [-0.3, -0.25) is 9.69 Å². The molecule has 144 valence electrons. The fourth-order valence-corrected chi connectivity index (χ4v) is 3.95. The molecule has 2 aromatic carbocycles. The molecule has 0 aromatic heterocycles. The van der Waals surface area contributed by atoms with Gasteiger partial charge < -0.3 is 9.47 Å². The standard InChI is InChI=1S/C22H21NO3S2/c1-3-12-23-21(24)20(28-22(23)27)14-17-10-11-18(19(13-17)25-4-2)26-15-16-8-6-5-7-9-16/h3,5-11,13-14H,1,4,12,15H2,2H3/b20-14+. The van der Waals surface area contributed by atoms with E-state index < -0.39 is 0 Å². The number of thioether (sulfide) groups is 1. The Morgan fingerprint density at radius 1 is 1.14 bits per heavy atom. The van der Waals surface area contributed by atoms with Crippen LogP contribution in [0.15, 0.2) is 66.1 Å². The van der Waals surface area contributed by atoms with Crippen LogP contribution in [-0.2, 0) is 11.4 Å². The molecule has 1 heterocycles. The molecule has 0 saturated carbocycles. The minimum Gasteiger partial charge on any atom is -0.490 e. The molecule has 4 nitrogen and oxygen atoms in total. The van der Waals surface area contributed by atoms with Gasteiger partial charge in [0, 0.05) is 6.54 Å². The highest BCUT2D eigenvalue weighted by Gasteiger charge is 2.31. The predicted molar refractivity (Wildman–Crippen MR) is 118 cm³/mol. The maximum Gasteiger partial charge on any atom is 0.266 e. The first-order chi connectivity index (χ1) is 13.6. The number of benzene rings is 2. The molecule has 1 fully saturated rings. The fraction of sp³-hybridized carbons (Fsp3) is 0.182. The Hall–Kier alpha value is -2.57. The van der Waals surface area contributed by atoms with Crippen molar-refractivity contribution in [2.75, 3.05) is 13.2 Å². The summed E-state index contributed by atoms with van der Waals surface area (Å²) in [6.07, 6.45) is 3.49. The molecule has 0 atom stereocenters. The van der Waals surface area contributed by atoms with Gasteiger partial charge in [0.1, 0.15) is 10.9 Å². The van der Waals surface area contributed by atoms with Crippen molar-refractivity contribution in [3.05, 3.63) is 77.2 Å². The Morgan fingerprint density at radius 3 is 2.64 bits per heavy atom. The van der Waals surface area contributed by atoms with Gasteiger partial charge in [0.15, 0.2) is 11.5 Å². The van der Waals surface area contributed by atoms with Crippen LogP contribution in [0.3, 0.4) is 0 Å². The number of hydrogen-bond acceptors (Lipinski definition) is 5. The predicted octanol–water partition coefficient (Wildman–Crippen LogP) is 5.05. The van der Waals surface area contributed by atoms with Gasteiger partial charge in [-0.2, -0.15) is 0 Å². The van der Waals surface area contributed by atoms with Gasteiger partial charge in [0.25, 0.3) is 5.91 Å². The van der Waals surface area contributed by atoms with E-state index in [2.05, 4.69) is 6.58 Å². The molecular weight excluding hydrogens is 390 g/mol. The van der Waals surface area contributed by atoms with Gasteiger partial charge in [0.05, 0.1) is 11.5 Å². The van der Waals surface area contributed by atoms with E-state index >= 15 is 0 Å². The summed E-state index contributed by atoms with van der Waals surface area (Å²) in [5.74, 6) is 1.22. The lowest BCUT2D eigenvalue weighted by Crippen LogP contribution is -2.27. The van der Waals surface area contributed by atoms with Crippen molar-refractivity contribution in [3.8, 4) is 11.5 Å². The van der Waals surface area contributed by atoms with Crippen molar-refractivity contribution in [2.45, 2.75) is 13.5 Å². The van der Waals surface area contributed by atoms with Gasteiger partial charge >= 0.3 is 0 Å². The van der Waals surface area contributed by atoms with Crippen LogP contribution in [0.4, 0.5) is 0 Å². The smallest absolute Gasteiger partial charge is 0.266 e. The van der Waals surface area contributed by atoms with E-state index in [0.29, 0.717) is 40.5 Å². The molecule has 1 aliphatic heterocycles. The first-order valence-electron chi connectivity index (χ1n) is 8.92. The van der Waals surface area contributed by atoms with Gasteiger partial charge in [-0.25, -0.2) is 0 Å². The summed E-state index contributed by atoms with van der Waals surface area (Å²) >= 11 is 6.58. The van der Waals surface area contributed by atoms with Crippen molar-refractivity contribution in [1.82, 2.24) is 4.90 Å². The van der Waals surface area contributed by atoms with Crippen molar-refractivity contribution in [1.29, 1.82) is 0 Å². The third-order valence-electron chi connectivity index (χ3n) is 3.99. The van der Waals surface area contributed by atoms with Crippen LogP contribution in [-0.4, -0.2) is 28.3 Å². The first-order valence-corrected chi connectivity index (χ1v) is 10.1. The highest BCUT2D eigenvalue weighted by atomic mass is 32.2. The second-order valence-corrected chi connectivity index (χ2v) is 7.67. The maximum absolute atomic E-state index is 12.5. The van der Waals surface area contributed by atoms with Crippen molar-refractivity contribution < 1.29 is 14.3 Å². The van der Waals surface area contributed by atoms with Crippen LogP contribution in [0.2, 0.25) is 0 Å². The largest absolute Gasteiger partial charge is 0.490 e. The molecular formula is C22H21NO3S2. The van der Waals surface area contributed by atoms with E-state index in [1.54, 1.807) is 11.0 Å². The van der Waals surface area contributed by atoms with E-state index in [9.17, 15) is 4.79 Å². The Balaban J connectivity index is 1.79. The molecule has 3 rings (SSSR count). The van der Waals surface area contributed by atoms with E-state index in [1.807, 2.05) is 61.5 Å². The number of carbonyl (C=O) groups excluding carboxylic acids is 1. The Labute approximate surface area is 174 Å². The average molecular weight is 412 g/mol. The molecule has 0 bridgehead atoms. The van der Waals surface area contributed by atoms with Crippen LogP contribution in [0.5, 0.6) is 11.5 Å². The second kappa shape index (κ2) is 9.57. The number of thiocarbonyl (C=S) groups is 1. The molecule has 0 aliphatic carbocycles. The Kier molecular flexibility index (Phi) is 6.90. The SMILES string of the molecule is C=CCN1C(=O)/C(=C\c2ccc(OCc3ccccc3)c(OCC)c2)SC1=S. The molecule has 1 amide bonds. The molecule has 0 N–H and O–H groups in total. The maximum atomic E-state index is 12.5. The summed E-state index contributed by atoms with van der Waals surface area (Å²) in [7, 11) is 0. The summed E-state index contributed by atoms with van der Waals surface area (Å²) in [5.41, 5.74) is 1.94. The summed E-state index contributed by atoms with van der Waals surface area (Å²) < 4.78 is 12.2. The van der Waals surface area contributed by atoms with Crippen LogP contribution in [0.25, 0.3) is 6.08 Å². The van der Waals surface area contributed by atoms with E-state index in [-0.39, 0.29) is 5.91 Å². The normalized spacial score (nSPS) is 15.2. The van der Waals surface area contributed by atoms with Gasteiger partial charge in [0.2, 0.25) is 0 Å². The quantitative estimate of drug-likeness (QED) is 0.345. The van der Waals surface area contributed by atoms with Crippen LogP contribution < -0.4 is 9.47 Å². The lowest BCUT2D eigenvalue weighted by Gasteiger charge is -2.13. The monoisotopic (exact) mass is 411 g/mol. The third-order valence-corrected chi connectivity index (χ3v) is 5.37. The summed E-state index contributed by atoms with van der Waals surface area (Å²) in [6.45, 7) is 6.99. The van der Waals surface area contributed by atoms with E-state index in [4.69, 9.17) is 21.7 Å². The number of nitrogens with zero attached hydrogens (tertiary/aromatic N) is 1. The van der Waals surface area contributed by atoms with Crippen LogP contribution in [0.1, 0.15) is 18.1 Å². The van der Waals surface area contributed by atoms with Crippen molar-refractivity contribution in [2.24, 2.45) is 0 Å². The summed E-state index contributed by atoms with van der Waals surface area (Å²) in [5, 5.41) is 0. The van der Waals surface area contributed by atoms with Crippen LogP contribution in [0, 0.1) is 0 Å². The highest BCUT2D eigenvalue weighted by molar-refractivity contribution is 8.26. The van der Waals surface area contributed by atoms with Gasteiger partial charge in [-0.1, -0.05) is 66.5 Å². The molecule has 1 aliphatic rings. The minimum absolute atomic E-state index is 0.0998. The van der Waals surface area contributed by atoms with Gasteiger partial charge in [-0.15, -0.1) is 6.58 Å². The molecule has 0 radical (unpaired) electrons. The number of carbonyl (C=O) groups is 1. The zero-order valence-corrected chi connectivity index (χ0v) is 17.2. The summed E-state index contributed by atoms with van der Waals surface area (Å²) in [4.78, 5) is 14.6. The molecule has 6 heteroatoms. The number of hydrogen-bond donors (Lipinski definition) is 0. The van der Waals surface area contributed by atoms with E-state index in [1.165, 1.54) is 11.8 Å². The lowest BCUT2D eigenvalue weighted by atomic mass is 10.1. The number of amides is 1. The lowest BCUT2D eigenvalue weighted by molar-refractivity contribution is -0.121. The average Bonchev–Trinajstić information content (AvgIpc) is 2.96. The zero-order chi connectivity index (χ0) is 19.9. The Morgan fingerprint density at radius 2 is 1.93 bits per heavy atom. The number of ether oxygens (including phenoxy) is 2. The fourth-order valence-electron chi connectivity index (χ4n) is 2.68. The highest BCUT2D eigenvalue weighted by Crippen LogP contribution is 2.35. The summed E-state index contributed by atoms with van der Waals surface area (Å²) in [6, 6.07) is 15.6. The molecule has 28 heavy (non-hydrogen) atoms. The minimum atomic E-state index is -0.0998. The van der Waals surface area contributed by atoms with E-state index in [0.717, 1.165) is 11.1 Å². The molecule has 1 saturated heterocycles. The first kappa shape index (κ1) is 20.2. The Bertz CT molecular complexity index is 909. The molecule has 0 spiro atoms. The topological polar surface area (TPSA) is 38.8 Å². The number of rotatable bonds is 8.